The van der Waals surface area contributed by atoms with E-state index >= 15 is 0 Å². The van der Waals surface area contributed by atoms with E-state index in [1.165, 1.54) is 0 Å². The van der Waals surface area contributed by atoms with Crippen molar-refractivity contribution in [2.75, 3.05) is 33.2 Å². The standard InChI is InChI=1S/C15H29N3O/c1-4-13-11-17(3)9-6-10-18(13)15(19)14-7-5-8-16-12(14)2/h12-14,16H,4-11H2,1-3H3. The van der Waals surface area contributed by atoms with Crippen molar-refractivity contribution in [2.45, 2.75) is 51.6 Å². The Morgan fingerprint density at radius 2 is 2.11 bits per heavy atom. The molecule has 4 heteroatoms. The predicted molar refractivity (Wildman–Crippen MR) is 78.1 cm³/mol. The van der Waals surface area contributed by atoms with Crippen LogP contribution < -0.4 is 5.32 Å². The second-order valence-electron chi connectivity index (χ2n) is 6.20. The van der Waals surface area contributed by atoms with E-state index in [2.05, 4.69) is 36.0 Å². The van der Waals surface area contributed by atoms with Crippen molar-refractivity contribution < 1.29 is 4.79 Å². The number of nitrogens with zero attached hydrogens (tertiary/aromatic N) is 2. The molecule has 2 saturated heterocycles. The molecule has 0 bridgehead atoms. The Balaban J connectivity index is 2.06. The van der Waals surface area contributed by atoms with Crippen molar-refractivity contribution in [3.63, 3.8) is 0 Å². The van der Waals surface area contributed by atoms with E-state index in [1.807, 2.05) is 0 Å². The van der Waals surface area contributed by atoms with Gasteiger partial charge < -0.3 is 15.1 Å². The Bertz CT molecular complexity index is 308. The number of piperidine rings is 1. The van der Waals surface area contributed by atoms with Crippen LogP contribution in [-0.4, -0.2) is 61.0 Å². The summed E-state index contributed by atoms with van der Waals surface area (Å²) in [7, 11) is 2.17. The minimum absolute atomic E-state index is 0.186. The molecule has 0 saturated carbocycles. The smallest absolute Gasteiger partial charge is 0.227 e. The molecule has 2 heterocycles. The zero-order valence-electron chi connectivity index (χ0n) is 12.7. The fourth-order valence-corrected chi connectivity index (χ4v) is 3.48. The van der Waals surface area contributed by atoms with E-state index in [4.69, 9.17) is 0 Å². The van der Waals surface area contributed by atoms with Gasteiger partial charge in [-0.05, 0) is 52.7 Å². The van der Waals surface area contributed by atoms with Crippen molar-refractivity contribution in [1.29, 1.82) is 0 Å². The maximum Gasteiger partial charge on any atom is 0.227 e. The van der Waals surface area contributed by atoms with E-state index in [-0.39, 0.29) is 5.92 Å². The summed E-state index contributed by atoms with van der Waals surface area (Å²) in [6.45, 7) is 8.49. The molecule has 19 heavy (non-hydrogen) atoms. The first-order valence-corrected chi connectivity index (χ1v) is 7.86. The molecule has 110 valence electrons. The van der Waals surface area contributed by atoms with Crippen LogP contribution in [-0.2, 0) is 4.79 Å². The van der Waals surface area contributed by atoms with Crippen molar-refractivity contribution in [2.24, 2.45) is 5.92 Å². The maximum absolute atomic E-state index is 12.9. The van der Waals surface area contributed by atoms with Crippen molar-refractivity contribution in [3.8, 4) is 0 Å². The van der Waals surface area contributed by atoms with Gasteiger partial charge in [-0.25, -0.2) is 0 Å². The summed E-state index contributed by atoms with van der Waals surface area (Å²) >= 11 is 0. The zero-order valence-corrected chi connectivity index (χ0v) is 12.7. The number of rotatable bonds is 2. The predicted octanol–water partition coefficient (Wildman–Crippen LogP) is 1.32. The third-order valence-electron chi connectivity index (χ3n) is 4.74. The summed E-state index contributed by atoms with van der Waals surface area (Å²) in [5, 5.41) is 3.45. The highest BCUT2D eigenvalue weighted by Crippen LogP contribution is 2.22. The van der Waals surface area contributed by atoms with Crippen LogP contribution in [0.5, 0.6) is 0 Å². The molecule has 0 aromatic rings. The van der Waals surface area contributed by atoms with Crippen LogP contribution in [0.4, 0.5) is 0 Å². The van der Waals surface area contributed by atoms with Gasteiger partial charge in [-0.3, -0.25) is 4.79 Å². The second kappa shape index (κ2) is 6.71. The topological polar surface area (TPSA) is 35.6 Å². The number of hydrogen-bond acceptors (Lipinski definition) is 3. The van der Waals surface area contributed by atoms with Crippen molar-refractivity contribution >= 4 is 5.91 Å². The van der Waals surface area contributed by atoms with Crippen LogP contribution in [0.2, 0.25) is 0 Å². The zero-order chi connectivity index (χ0) is 13.8. The largest absolute Gasteiger partial charge is 0.338 e. The van der Waals surface area contributed by atoms with Gasteiger partial charge in [-0.2, -0.15) is 0 Å². The van der Waals surface area contributed by atoms with Gasteiger partial charge in [0.05, 0.1) is 5.92 Å². The lowest BCUT2D eigenvalue weighted by atomic mass is 9.90. The third kappa shape index (κ3) is 3.48. The van der Waals surface area contributed by atoms with Crippen molar-refractivity contribution in [3.05, 3.63) is 0 Å². The molecule has 2 fully saturated rings. The molecule has 4 nitrogen and oxygen atoms in total. The highest BCUT2D eigenvalue weighted by molar-refractivity contribution is 5.80. The lowest BCUT2D eigenvalue weighted by molar-refractivity contribution is -0.139. The number of likely N-dealkylation sites (N-methyl/N-ethyl adjacent to an activating group) is 1. The second-order valence-corrected chi connectivity index (χ2v) is 6.20. The summed E-state index contributed by atoms with van der Waals surface area (Å²) in [6.07, 6.45) is 4.35. The van der Waals surface area contributed by atoms with Crippen molar-refractivity contribution in [1.82, 2.24) is 15.1 Å². The number of amides is 1. The fraction of sp³-hybridized carbons (Fsp3) is 0.933. The molecular formula is C15H29N3O. The van der Waals surface area contributed by atoms with E-state index in [9.17, 15) is 4.79 Å². The third-order valence-corrected chi connectivity index (χ3v) is 4.74. The molecule has 3 atom stereocenters. The van der Waals surface area contributed by atoms with Gasteiger partial charge in [0.2, 0.25) is 5.91 Å². The highest BCUT2D eigenvalue weighted by atomic mass is 16.2. The lowest BCUT2D eigenvalue weighted by Gasteiger charge is -2.37. The number of hydrogen-bond donors (Lipinski definition) is 1. The molecule has 2 rings (SSSR count). The molecular weight excluding hydrogens is 238 g/mol. The summed E-state index contributed by atoms with van der Waals surface area (Å²) in [5.74, 6) is 0.577. The molecule has 2 aliphatic rings. The molecule has 1 amide bonds. The molecule has 0 aromatic heterocycles. The average Bonchev–Trinajstić information content (AvgIpc) is 2.60. The summed E-state index contributed by atoms with van der Waals surface area (Å²) < 4.78 is 0. The first-order valence-electron chi connectivity index (χ1n) is 7.86. The summed E-state index contributed by atoms with van der Waals surface area (Å²) in [4.78, 5) is 17.4. The van der Waals surface area contributed by atoms with Gasteiger partial charge in [0.1, 0.15) is 0 Å². The van der Waals surface area contributed by atoms with Gasteiger partial charge in [0, 0.05) is 25.2 Å². The molecule has 0 aliphatic carbocycles. The molecule has 1 N–H and O–H groups in total. The number of nitrogens with one attached hydrogen (secondary N) is 1. The quantitative estimate of drug-likeness (QED) is 0.819. The molecule has 0 aromatic carbocycles. The number of carbonyl (C=O) groups is 1. The molecule has 3 unspecified atom stereocenters. The Morgan fingerprint density at radius 3 is 2.79 bits per heavy atom. The summed E-state index contributed by atoms with van der Waals surface area (Å²) in [5.41, 5.74) is 0. The average molecular weight is 267 g/mol. The van der Waals surface area contributed by atoms with E-state index in [1.54, 1.807) is 0 Å². The van der Waals surface area contributed by atoms with Gasteiger partial charge in [0.25, 0.3) is 0 Å². The molecule has 2 aliphatic heterocycles. The van der Waals surface area contributed by atoms with Gasteiger partial charge in [-0.1, -0.05) is 6.92 Å². The normalized spacial score (nSPS) is 34.1. The van der Waals surface area contributed by atoms with Crippen LogP contribution in [0.3, 0.4) is 0 Å². The first-order chi connectivity index (χ1) is 9.13. The van der Waals surface area contributed by atoms with Crippen LogP contribution in [0, 0.1) is 5.92 Å². The van der Waals surface area contributed by atoms with Crippen LogP contribution >= 0.6 is 0 Å². The Morgan fingerprint density at radius 1 is 1.32 bits per heavy atom. The van der Waals surface area contributed by atoms with Crippen LogP contribution in [0.1, 0.15) is 39.5 Å². The highest BCUT2D eigenvalue weighted by Gasteiger charge is 2.34. The Labute approximate surface area is 117 Å². The fourth-order valence-electron chi connectivity index (χ4n) is 3.48. The van der Waals surface area contributed by atoms with E-state index in [0.717, 1.165) is 51.9 Å². The Kier molecular flexibility index (Phi) is 5.22. The van der Waals surface area contributed by atoms with Crippen LogP contribution in [0.25, 0.3) is 0 Å². The number of carbonyl (C=O) groups excluding carboxylic acids is 1. The minimum atomic E-state index is 0.186. The maximum atomic E-state index is 12.9. The molecule has 0 radical (unpaired) electrons. The lowest BCUT2D eigenvalue weighted by Crippen LogP contribution is -2.52. The SMILES string of the molecule is CCC1CN(C)CCCN1C(=O)C1CCCNC1C. The van der Waals surface area contributed by atoms with Gasteiger partial charge in [-0.15, -0.1) is 0 Å². The summed E-state index contributed by atoms with van der Waals surface area (Å²) in [6, 6.07) is 0.730. The Hall–Kier alpha value is -0.610. The van der Waals surface area contributed by atoms with E-state index < -0.39 is 0 Å². The monoisotopic (exact) mass is 267 g/mol. The van der Waals surface area contributed by atoms with Crippen LogP contribution in [0.15, 0.2) is 0 Å². The minimum Gasteiger partial charge on any atom is -0.338 e. The molecule has 0 spiro atoms. The van der Waals surface area contributed by atoms with E-state index in [0.29, 0.717) is 18.0 Å². The van der Waals surface area contributed by atoms with Gasteiger partial charge in [0.15, 0.2) is 0 Å². The van der Waals surface area contributed by atoms with Gasteiger partial charge >= 0.3 is 0 Å². The first kappa shape index (κ1) is 14.8.